The van der Waals surface area contributed by atoms with E-state index in [1.165, 1.54) is 0 Å². The van der Waals surface area contributed by atoms with Crippen LogP contribution in [0.3, 0.4) is 0 Å². The molecule has 0 aromatic heterocycles. The summed E-state index contributed by atoms with van der Waals surface area (Å²) in [7, 11) is 0. The molecule has 16 heavy (non-hydrogen) atoms. The van der Waals surface area contributed by atoms with E-state index >= 15 is 0 Å². The average Bonchev–Trinajstić information content (AvgIpc) is 2.30. The largest absolute Gasteiger partial charge is 0.397 e. The molecule has 0 saturated heterocycles. The fourth-order valence-electron chi connectivity index (χ4n) is 1.82. The minimum absolute atomic E-state index is 0.0929. The lowest BCUT2D eigenvalue weighted by molar-refractivity contribution is 0.664. The van der Waals surface area contributed by atoms with E-state index in [2.05, 4.69) is 17.9 Å². The minimum atomic E-state index is -0.0929. The van der Waals surface area contributed by atoms with Gasteiger partial charge in [-0.25, -0.2) is 0 Å². The zero-order chi connectivity index (χ0) is 12.0. The molecule has 0 aliphatic heterocycles. The lowest BCUT2D eigenvalue weighted by atomic mass is 10.1. The van der Waals surface area contributed by atoms with Crippen molar-refractivity contribution in [2.75, 3.05) is 17.2 Å². The van der Waals surface area contributed by atoms with Gasteiger partial charge in [0.1, 0.15) is 6.04 Å². The van der Waals surface area contributed by atoms with Crippen molar-refractivity contribution in [1.29, 1.82) is 5.26 Å². The molecule has 0 aliphatic carbocycles. The molecule has 2 N–H and O–H groups in total. The van der Waals surface area contributed by atoms with Crippen LogP contribution in [-0.4, -0.2) is 12.6 Å². The fourth-order valence-corrected chi connectivity index (χ4v) is 1.82. The van der Waals surface area contributed by atoms with Gasteiger partial charge in [0.15, 0.2) is 0 Å². The topological polar surface area (TPSA) is 53.0 Å². The lowest BCUT2D eigenvalue weighted by Gasteiger charge is -2.29. The SMILES string of the molecule is CCCN(c1ccccc1N)C(C#N)CC. The Bertz CT molecular complexity index is 368. The van der Waals surface area contributed by atoms with Gasteiger partial charge in [-0.05, 0) is 25.0 Å². The van der Waals surface area contributed by atoms with E-state index in [0.717, 1.165) is 30.8 Å². The van der Waals surface area contributed by atoms with Gasteiger partial charge < -0.3 is 10.6 Å². The summed E-state index contributed by atoms with van der Waals surface area (Å²) in [4.78, 5) is 2.09. The van der Waals surface area contributed by atoms with E-state index < -0.39 is 0 Å². The van der Waals surface area contributed by atoms with Crippen LogP contribution in [0.2, 0.25) is 0 Å². The summed E-state index contributed by atoms with van der Waals surface area (Å²) in [6, 6.07) is 9.96. The predicted molar refractivity (Wildman–Crippen MR) is 68.2 cm³/mol. The zero-order valence-electron chi connectivity index (χ0n) is 9.98. The number of hydrogen-bond donors (Lipinski definition) is 1. The Balaban J connectivity index is 3.03. The van der Waals surface area contributed by atoms with Crippen LogP contribution in [0.25, 0.3) is 0 Å². The molecule has 0 spiro atoms. The Hall–Kier alpha value is -1.69. The van der Waals surface area contributed by atoms with Crippen molar-refractivity contribution in [3.05, 3.63) is 24.3 Å². The third-order valence-corrected chi connectivity index (χ3v) is 2.62. The molecule has 0 amide bonds. The molecule has 1 aromatic carbocycles. The van der Waals surface area contributed by atoms with Gasteiger partial charge in [-0.1, -0.05) is 26.0 Å². The molecule has 86 valence electrons. The number of rotatable bonds is 5. The standard InChI is InChI=1S/C13H19N3/c1-3-9-16(11(4-2)10-14)13-8-6-5-7-12(13)15/h5-8,11H,3-4,9,15H2,1-2H3. The first-order valence-electron chi connectivity index (χ1n) is 5.75. The molecule has 0 aliphatic rings. The van der Waals surface area contributed by atoms with Crippen molar-refractivity contribution in [2.24, 2.45) is 0 Å². The molecule has 0 radical (unpaired) electrons. The lowest BCUT2D eigenvalue weighted by Crippen LogP contribution is -2.35. The molecule has 1 aromatic rings. The van der Waals surface area contributed by atoms with Crippen LogP contribution in [-0.2, 0) is 0 Å². The number of anilines is 2. The first-order chi connectivity index (χ1) is 7.74. The molecule has 1 unspecified atom stereocenters. The van der Waals surface area contributed by atoms with Gasteiger partial charge in [0.25, 0.3) is 0 Å². The second-order valence-corrected chi connectivity index (χ2v) is 3.81. The van der Waals surface area contributed by atoms with Crippen LogP contribution >= 0.6 is 0 Å². The van der Waals surface area contributed by atoms with Gasteiger partial charge in [0, 0.05) is 6.54 Å². The number of nitrogens with zero attached hydrogens (tertiary/aromatic N) is 2. The molecule has 0 heterocycles. The summed E-state index contributed by atoms with van der Waals surface area (Å²) < 4.78 is 0. The highest BCUT2D eigenvalue weighted by Gasteiger charge is 2.17. The van der Waals surface area contributed by atoms with Gasteiger partial charge in [-0.2, -0.15) is 5.26 Å². The van der Waals surface area contributed by atoms with Crippen molar-refractivity contribution < 1.29 is 0 Å². The van der Waals surface area contributed by atoms with Crippen LogP contribution in [0.4, 0.5) is 11.4 Å². The zero-order valence-corrected chi connectivity index (χ0v) is 9.98. The normalized spacial score (nSPS) is 11.8. The van der Waals surface area contributed by atoms with Crippen molar-refractivity contribution in [2.45, 2.75) is 32.7 Å². The highest BCUT2D eigenvalue weighted by molar-refractivity contribution is 5.68. The monoisotopic (exact) mass is 217 g/mol. The molecular formula is C13H19N3. The Morgan fingerprint density at radius 1 is 1.38 bits per heavy atom. The molecule has 0 saturated carbocycles. The number of nitrogen functional groups attached to an aromatic ring is 1. The van der Waals surface area contributed by atoms with E-state index in [1.807, 2.05) is 31.2 Å². The van der Waals surface area contributed by atoms with Gasteiger partial charge in [0.05, 0.1) is 17.4 Å². The smallest absolute Gasteiger partial charge is 0.116 e. The second kappa shape index (κ2) is 6.02. The molecule has 0 bridgehead atoms. The predicted octanol–water partition coefficient (Wildman–Crippen LogP) is 2.79. The number of nitrogens with two attached hydrogens (primary N) is 1. The highest BCUT2D eigenvalue weighted by Crippen LogP contribution is 2.25. The van der Waals surface area contributed by atoms with Gasteiger partial charge in [-0.15, -0.1) is 0 Å². The van der Waals surface area contributed by atoms with E-state index in [9.17, 15) is 0 Å². The maximum absolute atomic E-state index is 9.14. The summed E-state index contributed by atoms with van der Waals surface area (Å²) in [5, 5.41) is 9.14. The summed E-state index contributed by atoms with van der Waals surface area (Å²) in [6.07, 6.45) is 1.82. The molecular weight excluding hydrogens is 198 g/mol. The quantitative estimate of drug-likeness (QED) is 0.771. The molecule has 1 atom stereocenters. The molecule has 3 heteroatoms. The number of para-hydroxylation sites is 2. The van der Waals surface area contributed by atoms with Crippen LogP contribution in [0.15, 0.2) is 24.3 Å². The third kappa shape index (κ3) is 2.66. The third-order valence-electron chi connectivity index (χ3n) is 2.62. The second-order valence-electron chi connectivity index (χ2n) is 3.81. The van der Waals surface area contributed by atoms with Crippen LogP contribution < -0.4 is 10.6 Å². The van der Waals surface area contributed by atoms with Crippen molar-refractivity contribution >= 4 is 11.4 Å². The van der Waals surface area contributed by atoms with Gasteiger partial charge >= 0.3 is 0 Å². The van der Waals surface area contributed by atoms with Crippen LogP contribution in [0.5, 0.6) is 0 Å². The van der Waals surface area contributed by atoms with Gasteiger partial charge in [0.2, 0.25) is 0 Å². The Labute approximate surface area is 97.5 Å². The Morgan fingerprint density at radius 3 is 2.56 bits per heavy atom. The van der Waals surface area contributed by atoms with E-state index in [0.29, 0.717) is 0 Å². The van der Waals surface area contributed by atoms with Crippen LogP contribution in [0, 0.1) is 11.3 Å². The molecule has 0 fully saturated rings. The van der Waals surface area contributed by atoms with E-state index in [4.69, 9.17) is 11.0 Å². The van der Waals surface area contributed by atoms with Crippen molar-refractivity contribution in [1.82, 2.24) is 0 Å². The Kier molecular flexibility index (Phi) is 4.65. The minimum Gasteiger partial charge on any atom is -0.397 e. The highest BCUT2D eigenvalue weighted by atomic mass is 15.2. The maximum atomic E-state index is 9.14. The van der Waals surface area contributed by atoms with Gasteiger partial charge in [-0.3, -0.25) is 0 Å². The summed E-state index contributed by atoms with van der Waals surface area (Å²) in [5.41, 5.74) is 7.66. The van der Waals surface area contributed by atoms with Crippen molar-refractivity contribution in [3.63, 3.8) is 0 Å². The first kappa shape index (κ1) is 12.4. The summed E-state index contributed by atoms with van der Waals surface area (Å²) >= 11 is 0. The average molecular weight is 217 g/mol. The number of nitriles is 1. The summed E-state index contributed by atoms with van der Waals surface area (Å²) in [6.45, 7) is 4.99. The first-order valence-corrected chi connectivity index (χ1v) is 5.75. The van der Waals surface area contributed by atoms with E-state index in [-0.39, 0.29) is 6.04 Å². The number of benzene rings is 1. The molecule has 3 nitrogen and oxygen atoms in total. The fraction of sp³-hybridized carbons (Fsp3) is 0.462. The Morgan fingerprint density at radius 2 is 2.06 bits per heavy atom. The van der Waals surface area contributed by atoms with E-state index in [1.54, 1.807) is 0 Å². The van der Waals surface area contributed by atoms with Crippen molar-refractivity contribution in [3.8, 4) is 6.07 Å². The van der Waals surface area contributed by atoms with Crippen LogP contribution in [0.1, 0.15) is 26.7 Å². The number of hydrogen-bond acceptors (Lipinski definition) is 3. The maximum Gasteiger partial charge on any atom is 0.116 e. The summed E-state index contributed by atoms with van der Waals surface area (Å²) in [5.74, 6) is 0. The molecule has 1 rings (SSSR count).